The highest BCUT2D eigenvalue weighted by Crippen LogP contribution is 2.30. The van der Waals surface area contributed by atoms with E-state index < -0.39 is 23.0 Å². The molecular weight excluding hydrogens is 349 g/mol. The van der Waals surface area contributed by atoms with Crippen molar-refractivity contribution in [1.29, 1.82) is 0 Å². The Morgan fingerprint density at radius 1 is 1.31 bits per heavy atom. The Hall–Kier alpha value is -2.79. The molecule has 0 aliphatic rings. The molecule has 0 radical (unpaired) electrons. The second-order valence-electron chi connectivity index (χ2n) is 5.52. The normalized spacial score (nSPS) is 11.3. The minimum Gasteiger partial charge on any atom is -0.348 e. The third-order valence-corrected chi connectivity index (χ3v) is 3.80. The number of H-pyrrole nitrogens is 1. The SMILES string of the molecule is C#CCOCn1c(Cc2cccc(C(F)(F)F)c2)c(CC)c(=O)[nH]c1=O. The molecule has 26 heavy (non-hydrogen) atoms. The van der Waals surface area contributed by atoms with E-state index in [2.05, 4.69) is 10.9 Å². The van der Waals surface area contributed by atoms with Gasteiger partial charge in [0, 0.05) is 17.7 Å². The van der Waals surface area contributed by atoms with Gasteiger partial charge in [-0.15, -0.1) is 6.42 Å². The van der Waals surface area contributed by atoms with Crippen LogP contribution in [0, 0.1) is 12.3 Å². The molecule has 5 nitrogen and oxygen atoms in total. The number of ether oxygens (including phenoxy) is 1. The molecule has 0 fully saturated rings. The largest absolute Gasteiger partial charge is 0.416 e. The van der Waals surface area contributed by atoms with E-state index in [-0.39, 0.29) is 19.8 Å². The number of benzene rings is 1. The second kappa shape index (κ2) is 8.06. The molecule has 0 aliphatic carbocycles. The van der Waals surface area contributed by atoms with Crippen molar-refractivity contribution in [2.45, 2.75) is 32.7 Å². The van der Waals surface area contributed by atoms with Crippen LogP contribution in [0.1, 0.15) is 29.3 Å². The summed E-state index contributed by atoms with van der Waals surface area (Å²) in [5.41, 5.74) is -1.12. The molecule has 0 amide bonds. The number of aromatic amines is 1. The van der Waals surface area contributed by atoms with Crippen molar-refractivity contribution in [3.05, 3.63) is 67.5 Å². The van der Waals surface area contributed by atoms with Crippen molar-refractivity contribution in [2.75, 3.05) is 6.61 Å². The van der Waals surface area contributed by atoms with E-state index in [0.717, 1.165) is 12.1 Å². The Kier molecular flexibility index (Phi) is 6.05. The number of nitrogens with one attached hydrogen (secondary N) is 1. The van der Waals surface area contributed by atoms with Gasteiger partial charge in [-0.3, -0.25) is 14.3 Å². The molecular formula is C18H17F3N2O3. The van der Waals surface area contributed by atoms with E-state index in [1.54, 1.807) is 6.92 Å². The van der Waals surface area contributed by atoms with Crippen LogP contribution in [-0.4, -0.2) is 16.2 Å². The lowest BCUT2D eigenvalue weighted by molar-refractivity contribution is -0.137. The Morgan fingerprint density at radius 2 is 2.04 bits per heavy atom. The first-order valence-corrected chi connectivity index (χ1v) is 7.80. The molecule has 0 aliphatic heterocycles. The lowest BCUT2D eigenvalue weighted by Crippen LogP contribution is -2.36. The average Bonchev–Trinajstić information content (AvgIpc) is 2.57. The molecule has 0 unspecified atom stereocenters. The molecule has 2 rings (SSSR count). The minimum atomic E-state index is -4.48. The molecule has 1 aromatic carbocycles. The van der Waals surface area contributed by atoms with Gasteiger partial charge in [0.2, 0.25) is 0 Å². The summed E-state index contributed by atoms with van der Waals surface area (Å²) in [6.07, 6.45) is 0.907. The summed E-state index contributed by atoms with van der Waals surface area (Å²) in [6.45, 7) is 1.47. The first kappa shape index (κ1) is 19.5. The third-order valence-electron chi connectivity index (χ3n) is 3.80. The molecule has 0 saturated carbocycles. The van der Waals surface area contributed by atoms with Crippen LogP contribution in [0.2, 0.25) is 0 Å². The van der Waals surface area contributed by atoms with Crippen LogP contribution in [0.5, 0.6) is 0 Å². The summed E-state index contributed by atoms with van der Waals surface area (Å²) in [7, 11) is 0. The van der Waals surface area contributed by atoms with Crippen molar-refractivity contribution in [3.63, 3.8) is 0 Å². The van der Waals surface area contributed by atoms with Crippen molar-refractivity contribution in [2.24, 2.45) is 0 Å². The fraction of sp³-hybridized carbons (Fsp3) is 0.333. The van der Waals surface area contributed by atoms with E-state index in [1.807, 2.05) is 0 Å². The molecule has 1 aromatic heterocycles. The van der Waals surface area contributed by atoms with Gasteiger partial charge in [0.05, 0.1) is 5.56 Å². The molecule has 0 atom stereocenters. The van der Waals surface area contributed by atoms with E-state index in [0.29, 0.717) is 23.2 Å². The Balaban J connectivity index is 2.52. The number of hydrogen-bond acceptors (Lipinski definition) is 3. The van der Waals surface area contributed by atoms with Gasteiger partial charge in [0.1, 0.15) is 13.3 Å². The maximum Gasteiger partial charge on any atom is 0.416 e. The van der Waals surface area contributed by atoms with Crippen molar-refractivity contribution in [1.82, 2.24) is 9.55 Å². The fourth-order valence-electron chi connectivity index (χ4n) is 2.61. The van der Waals surface area contributed by atoms with E-state index in [1.165, 1.54) is 16.7 Å². The van der Waals surface area contributed by atoms with Crippen molar-refractivity contribution >= 4 is 0 Å². The molecule has 1 heterocycles. The number of rotatable bonds is 6. The minimum absolute atomic E-state index is 0.0222. The summed E-state index contributed by atoms with van der Waals surface area (Å²) in [6, 6.07) is 4.75. The van der Waals surface area contributed by atoms with Gasteiger partial charge in [-0.25, -0.2) is 4.79 Å². The van der Waals surface area contributed by atoms with Crippen molar-refractivity contribution < 1.29 is 17.9 Å². The Morgan fingerprint density at radius 3 is 2.65 bits per heavy atom. The van der Waals surface area contributed by atoms with Crippen molar-refractivity contribution in [3.8, 4) is 12.3 Å². The number of aromatic nitrogens is 2. The van der Waals surface area contributed by atoms with Crippen LogP contribution in [-0.2, 0) is 30.5 Å². The summed E-state index contributed by atoms with van der Waals surface area (Å²) in [5, 5.41) is 0. The van der Waals surface area contributed by atoms with Gasteiger partial charge in [-0.1, -0.05) is 31.0 Å². The Bertz CT molecular complexity index is 936. The highest BCUT2D eigenvalue weighted by atomic mass is 19.4. The quantitative estimate of drug-likeness (QED) is 0.630. The van der Waals surface area contributed by atoms with Crippen LogP contribution >= 0.6 is 0 Å². The lowest BCUT2D eigenvalue weighted by atomic mass is 10.0. The number of terminal acetylenes is 1. The highest BCUT2D eigenvalue weighted by Gasteiger charge is 2.30. The van der Waals surface area contributed by atoms with Gasteiger partial charge in [0.15, 0.2) is 0 Å². The first-order valence-electron chi connectivity index (χ1n) is 7.80. The smallest absolute Gasteiger partial charge is 0.348 e. The van der Waals surface area contributed by atoms with E-state index in [9.17, 15) is 22.8 Å². The zero-order chi connectivity index (χ0) is 19.3. The van der Waals surface area contributed by atoms with E-state index >= 15 is 0 Å². The van der Waals surface area contributed by atoms with Gasteiger partial charge in [0.25, 0.3) is 5.56 Å². The average molecular weight is 366 g/mol. The number of halogens is 3. The third kappa shape index (κ3) is 4.43. The molecule has 0 bridgehead atoms. The highest BCUT2D eigenvalue weighted by molar-refractivity contribution is 5.31. The number of hydrogen-bond donors (Lipinski definition) is 1. The molecule has 0 saturated heterocycles. The molecule has 1 N–H and O–H groups in total. The van der Waals surface area contributed by atoms with Gasteiger partial charge in [-0.05, 0) is 18.1 Å². The Labute approximate surface area is 147 Å². The van der Waals surface area contributed by atoms with Gasteiger partial charge in [-0.2, -0.15) is 13.2 Å². The number of nitrogens with zero attached hydrogens (tertiary/aromatic N) is 1. The van der Waals surface area contributed by atoms with Crippen LogP contribution in [0.15, 0.2) is 33.9 Å². The van der Waals surface area contributed by atoms with E-state index in [4.69, 9.17) is 11.2 Å². The summed E-state index contributed by atoms with van der Waals surface area (Å²) in [5.74, 6) is 2.26. The van der Waals surface area contributed by atoms with Gasteiger partial charge >= 0.3 is 11.9 Å². The molecule has 8 heteroatoms. The predicted molar refractivity (Wildman–Crippen MR) is 89.7 cm³/mol. The molecule has 2 aromatic rings. The fourth-order valence-corrected chi connectivity index (χ4v) is 2.61. The molecule has 138 valence electrons. The van der Waals surface area contributed by atoms with Gasteiger partial charge < -0.3 is 4.74 Å². The zero-order valence-electron chi connectivity index (χ0n) is 14.0. The van der Waals surface area contributed by atoms with Crippen LogP contribution in [0.4, 0.5) is 13.2 Å². The van der Waals surface area contributed by atoms with Crippen LogP contribution < -0.4 is 11.2 Å². The van der Waals surface area contributed by atoms with Crippen LogP contribution in [0.25, 0.3) is 0 Å². The maximum absolute atomic E-state index is 12.9. The maximum atomic E-state index is 12.9. The molecule has 0 spiro atoms. The lowest BCUT2D eigenvalue weighted by Gasteiger charge is -2.16. The van der Waals surface area contributed by atoms with Crippen LogP contribution in [0.3, 0.4) is 0 Å². The number of alkyl halides is 3. The first-order chi connectivity index (χ1) is 12.3. The monoisotopic (exact) mass is 366 g/mol. The summed E-state index contributed by atoms with van der Waals surface area (Å²) < 4.78 is 45.1. The summed E-state index contributed by atoms with van der Waals surface area (Å²) >= 11 is 0. The topological polar surface area (TPSA) is 64.1 Å². The standard InChI is InChI=1S/C18H17F3N2O3/c1-3-8-26-11-23-15(14(4-2)16(24)22-17(23)25)10-12-6-5-7-13(9-12)18(19,20)21/h1,5-7,9H,4,8,10-11H2,2H3,(H,22,24,25). The second-order valence-corrected chi connectivity index (χ2v) is 5.52. The predicted octanol–water partition coefficient (Wildman–Crippen LogP) is 2.32. The zero-order valence-corrected chi connectivity index (χ0v) is 14.0. The summed E-state index contributed by atoms with van der Waals surface area (Å²) in [4.78, 5) is 26.4.